The van der Waals surface area contributed by atoms with Crippen molar-refractivity contribution in [2.45, 2.75) is 43.4 Å². The number of alkyl halides is 3. The summed E-state index contributed by atoms with van der Waals surface area (Å²) in [5.74, 6) is -2.13. The van der Waals surface area contributed by atoms with Gasteiger partial charge in [-0.3, -0.25) is 4.90 Å². The number of nitrogens with zero attached hydrogens (tertiary/aromatic N) is 4. The molecule has 3 aliphatic heterocycles. The lowest BCUT2D eigenvalue weighted by Crippen LogP contribution is -2.51. The number of benzene rings is 2. The van der Waals surface area contributed by atoms with Crippen molar-refractivity contribution in [1.29, 1.82) is 0 Å². The summed E-state index contributed by atoms with van der Waals surface area (Å²) < 4.78 is 85.4. The zero-order valence-corrected chi connectivity index (χ0v) is 21.7. The van der Waals surface area contributed by atoms with Crippen LogP contribution in [0.5, 0.6) is 6.01 Å². The van der Waals surface area contributed by atoms with E-state index in [1.807, 2.05) is 0 Å². The first kappa shape index (κ1) is 26.1. The van der Waals surface area contributed by atoms with Crippen molar-refractivity contribution in [3.05, 3.63) is 35.4 Å². The van der Waals surface area contributed by atoms with Gasteiger partial charge in [0.2, 0.25) is 0 Å². The number of fused-ring (bicyclic) bond motifs is 3. The van der Waals surface area contributed by atoms with Crippen LogP contribution in [0.3, 0.4) is 0 Å². The quantitative estimate of drug-likeness (QED) is 0.281. The molecule has 0 saturated carbocycles. The molecule has 4 N–H and O–H groups in total. The molecule has 14 heteroatoms. The van der Waals surface area contributed by atoms with Crippen LogP contribution in [0.4, 0.5) is 33.8 Å². The molecule has 5 heterocycles. The third-order valence-corrected chi connectivity index (χ3v) is 8.40. The Bertz CT molecular complexity index is 1660. The Kier molecular flexibility index (Phi) is 5.98. The summed E-state index contributed by atoms with van der Waals surface area (Å²) in [5, 5.41) is 6.03. The number of hydrogen-bond donors (Lipinski definition) is 3. The number of aromatic nitrogens is 3. The number of oxazole rings is 1. The normalized spacial score (nSPS) is 19.1. The average molecular weight is 576 g/mol. The molecule has 0 atom stereocenters. The first-order valence-electron chi connectivity index (χ1n) is 13.4. The minimum atomic E-state index is -4.99. The van der Waals surface area contributed by atoms with Gasteiger partial charge in [-0.15, -0.1) is 0 Å². The van der Waals surface area contributed by atoms with Gasteiger partial charge >= 0.3 is 12.2 Å². The Morgan fingerprint density at radius 1 is 1.10 bits per heavy atom. The van der Waals surface area contributed by atoms with Gasteiger partial charge in [0, 0.05) is 29.6 Å². The van der Waals surface area contributed by atoms with Gasteiger partial charge in [0.1, 0.15) is 23.5 Å². The van der Waals surface area contributed by atoms with Crippen molar-refractivity contribution < 1.29 is 31.1 Å². The Hall–Kier alpha value is -3.78. The van der Waals surface area contributed by atoms with Crippen molar-refractivity contribution >= 4 is 33.8 Å². The summed E-state index contributed by atoms with van der Waals surface area (Å²) >= 11 is 0. The van der Waals surface area contributed by atoms with Crippen LogP contribution >= 0.6 is 0 Å². The number of nitrogens with one attached hydrogen (secondary N) is 2. The van der Waals surface area contributed by atoms with Gasteiger partial charge in [-0.2, -0.15) is 28.1 Å². The SMILES string of the molecule is Nc1nc2c(-c3c(C(F)(F)F)cc4c(NC5CNC5)nc(OCC56CCCN5CCC6)nc4c3F)ccc(F)c2o1. The fourth-order valence-corrected chi connectivity index (χ4v) is 6.31. The maximum absolute atomic E-state index is 16.5. The molecule has 0 bridgehead atoms. The van der Waals surface area contributed by atoms with Crippen LogP contribution in [0.1, 0.15) is 31.2 Å². The van der Waals surface area contributed by atoms with E-state index in [0.717, 1.165) is 57.0 Å². The summed E-state index contributed by atoms with van der Waals surface area (Å²) in [6.07, 6.45) is -0.998. The van der Waals surface area contributed by atoms with Crippen LogP contribution in [0.25, 0.3) is 33.1 Å². The van der Waals surface area contributed by atoms with E-state index < -0.39 is 40.5 Å². The minimum Gasteiger partial charge on any atom is -0.461 e. The maximum Gasteiger partial charge on any atom is 0.417 e. The van der Waals surface area contributed by atoms with Crippen LogP contribution < -0.4 is 21.1 Å². The molecular weight excluding hydrogens is 549 g/mol. The van der Waals surface area contributed by atoms with E-state index in [1.54, 1.807) is 0 Å². The number of hydrogen-bond acceptors (Lipinski definition) is 9. The second kappa shape index (κ2) is 9.38. The lowest BCUT2D eigenvalue weighted by atomic mass is 9.95. The first-order chi connectivity index (χ1) is 19.6. The van der Waals surface area contributed by atoms with Crippen molar-refractivity contribution in [1.82, 2.24) is 25.2 Å². The van der Waals surface area contributed by atoms with Crippen molar-refractivity contribution in [2.24, 2.45) is 0 Å². The highest BCUT2D eigenvalue weighted by Crippen LogP contribution is 2.45. The summed E-state index contributed by atoms with van der Waals surface area (Å²) in [4.78, 5) is 14.9. The number of rotatable bonds is 6. The molecule has 2 aromatic heterocycles. The van der Waals surface area contributed by atoms with Gasteiger partial charge in [-0.1, -0.05) is 0 Å². The molecule has 3 saturated heterocycles. The van der Waals surface area contributed by atoms with E-state index in [-0.39, 0.29) is 52.0 Å². The van der Waals surface area contributed by atoms with Crippen molar-refractivity contribution in [3.63, 3.8) is 0 Å². The largest absolute Gasteiger partial charge is 0.461 e. The van der Waals surface area contributed by atoms with Gasteiger partial charge < -0.3 is 25.5 Å². The molecule has 2 aromatic carbocycles. The van der Waals surface area contributed by atoms with E-state index in [0.29, 0.717) is 13.1 Å². The summed E-state index contributed by atoms with van der Waals surface area (Å²) in [7, 11) is 0. The zero-order chi connectivity index (χ0) is 28.5. The van der Waals surface area contributed by atoms with Gasteiger partial charge in [-0.25, -0.2) is 8.78 Å². The van der Waals surface area contributed by atoms with Gasteiger partial charge in [0.15, 0.2) is 17.2 Å². The van der Waals surface area contributed by atoms with Crippen molar-refractivity contribution in [3.8, 4) is 17.1 Å². The fraction of sp³-hybridized carbons (Fsp3) is 0.444. The standard InChI is InChI=1S/C27H26F5N7O2/c28-17-4-3-14(21-22(17)41-24(33)36-21)18-16(27(30,31)32)9-15-20(19(18)29)37-25(38-23(15)35-13-10-34-11-13)40-12-26-5-1-7-39(26)8-2-6-26/h3-4,9,13,34H,1-2,5-8,10-12H2,(H2,33,36)(H,35,37,38). The Morgan fingerprint density at radius 3 is 2.54 bits per heavy atom. The van der Waals surface area contributed by atoms with E-state index >= 15 is 4.39 Å². The predicted molar refractivity (Wildman–Crippen MR) is 140 cm³/mol. The zero-order valence-electron chi connectivity index (χ0n) is 21.7. The predicted octanol–water partition coefficient (Wildman–Crippen LogP) is 4.71. The number of nitrogen functional groups attached to an aromatic ring is 1. The number of nitrogens with two attached hydrogens (primary N) is 1. The molecule has 3 fully saturated rings. The second-order valence-electron chi connectivity index (χ2n) is 10.9. The topological polar surface area (TPSA) is 114 Å². The number of anilines is 2. The summed E-state index contributed by atoms with van der Waals surface area (Å²) in [5.41, 5.74) is 1.76. The molecule has 216 valence electrons. The van der Waals surface area contributed by atoms with Gasteiger partial charge in [-0.05, 0) is 57.0 Å². The highest BCUT2D eigenvalue weighted by atomic mass is 19.4. The van der Waals surface area contributed by atoms with Crippen LogP contribution in [0.15, 0.2) is 22.6 Å². The molecule has 0 unspecified atom stereocenters. The van der Waals surface area contributed by atoms with E-state index in [9.17, 15) is 17.6 Å². The smallest absolute Gasteiger partial charge is 0.417 e. The highest BCUT2D eigenvalue weighted by molar-refractivity contribution is 5.99. The molecule has 9 nitrogen and oxygen atoms in total. The Balaban J connectivity index is 1.41. The minimum absolute atomic E-state index is 0.0367. The molecule has 4 aromatic rings. The third-order valence-electron chi connectivity index (χ3n) is 8.40. The lowest BCUT2D eigenvalue weighted by molar-refractivity contribution is -0.137. The summed E-state index contributed by atoms with van der Waals surface area (Å²) in [6.45, 7) is 3.36. The molecule has 7 rings (SSSR count). The Labute approximate surface area is 230 Å². The maximum atomic E-state index is 16.5. The molecule has 0 spiro atoms. The molecule has 41 heavy (non-hydrogen) atoms. The van der Waals surface area contributed by atoms with E-state index in [2.05, 4.69) is 30.5 Å². The monoisotopic (exact) mass is 575 g/mol. The summed E-state index contributed by atoms with van der Waals surface area (Å²) in [6, 6.07) is 1.98. The molecule has 0 radical (unpaired) electrons. The Morgan fingerprint density at radius 2 is 1.85 bits per heavy atom. The van der Waals surface area contributed by atoms with Crippen molar-refractivity contribution in [2.75, 3.05) is 43.8 Å². The van der Waals surface area contributed by atoms with Crippen LogP contribution in [-0.2, 0) is 6.18 Å². The van der Waals surface area contributed by atoms with Crippen LogP contribution in [0, 0.1) is 11.6 Å². The van der Waals surface area contributed by atoms with Crippen LogP contribution in [-0.4, -0.2) is 64.2 Å². The van der Waals surface area contributed by atoms with Gasteiger partial charge in [0.05, 0.1) is 17.1 Å². The number of halogens is 5. The molecular formula is C27H26F5N7O2. The first-order valence-corrected chi connectivity index (χ1v) is 13.4. The average Bonchev–Trinajstić information content (AvgIpc) is 3.59. The fourth-order valence-electron chi connectivity index (χ4n) is 6.31. The molecule has 0 amide bonds. The van der Waals surface area contributed by atoms with E-state index in [1.165, 1.54) is 0 Å². The third kappa shape index (κ3) is 4.31. The van der Waals surface area contributed by atoms with Gasteiger partial charge in [0.25, 0.3) is 6.01 Å². The lowest BCUT2D eigenvalue weighted by Gasteiger charge is -2.31. The number of ether oxygens (including phenoxy) is 1. The highest BCUT2D eigenvalue weighted by Gasteiger charge is 2.45. The molecule has 0 aliphatic carbocycles. The molecule has 3 aliphatic rings. The van der Waals surface area contributed by atoms with Crippen LogP contribution in [0.2, 0.25) is 0 Å². The second-order valence-corrected chi connectivity index (χ2v) is 10.9. The van der Waals surface area contributed by atoms with E-state index in [4.69, 9.17) is 14.9 Å².